The van der Waals surface area contributed by atoms with Crippen molar-refractivity contribution in [1.29, 1.82) is 0 Å². The van der Waals surface area contributed by atoms with Gasteiger partial charge in [-0.3, -0.25) is 0 Å². The highest BCUT2D eigenvalue weighted by molar-refractivity contribution is 6.31. The van der Waals surface area contributed by atoms with E-state index in [1.807, 2.05) is 0 Å². The molecule has 2 aromatic carbocycles. The molecule has 5 nitrogen and oxygen atoms in total. The molecule has 3 heterocycles. The summed E-state index contributed by atoms with van der Waals surface area (Å²) in [6.45, 7) is 1.59. The summed E-state index contributed by atoms with van der Waals surface area (Å²) in [6, 6.07) is 7.05. The van der Waals surface area contributed by atoms with Crippen LogP contribution in [-0.4, -0.2) is 26.5 Å². The Morgan fingerprint density at radius 2 is 1.88 bits per heavy atom. The minimum absolute atomic E-state index is 0.0503. The summed E-state index contributed by atoms with van der Waals surface area (Å²) in [4.78, 5) is 15.3. The van der Waals surface area contributed by atoms with E-state index >= 15 is 4.39 Å². The fraction of sp³-hybridized carbons (Fsp3) is 0.227. The summed E-state index contributed by atoms with van der Waals surface area (Å²) in [5.74, 6) is -3.76. The van der Waals surface area contributed by atoms with Gasteiger partial charge in [0.15, 0.2) is 11.6 Å². The second-order valence-electron chi connectivity index (χ2n) is 7.76. The number of hydrogen-bond acceptors (Lipinski definition) is 4. The Bertz CT molecular complexity index is 1380. The van der Waals surface area contributed by atoms with Crippen molar-refractivity contribution in [2.75, 3.05) is 11.4 Å². The third kappa shape index (κ3) is 3.58. The highest BCUT2D eigenvalue weighted by atomic mass is 35.5. The Balaban J connectivity index is 1.74. The van der Waals surface area contributed by atoms with Crippen LogP contribution in [0.2, 0.25) is 5.02 Å². The zero-order valence-corrected chi connectivity index (χ0v) is 17.8. The van der Waals surface area contributed by atoms with Crippen molar-refractivity contribution in [3.63, 3.8) is 0 Å². The van der Waals surface area contributed by atoms with Crippen molar-refractivity contribution >= 4 is 28.5 Å². The number of aromatic amines is 1. The van der Waals surface area contributed by atoms with Crippen LogP contribution in [0.25, 0.3) is 10.9 Å². The number of anilines is 1. The molecule has 0 unspecified atom stereocenters. The second-order valence-corrected chi connectivity index (χ2v) is 8.20. The Morgan fingerprint density at radius 1 is 1.09 bits per heavy atom. The maximum absolute atomic E-state index is 15.1. The maximum atomic E-state index is 15.1. The van der Waals surface area contributed by atoms with Crippen LogP contribution < -0.4 is 4.90 Å². The summed E-state index contributed by atoms with van der Waals surface area (Å²) in [5, 5.41) is 1.31. The highest BCUT2D eigenvalue weighted by Crippen LogP contribution is 2.42. The molecule has 170 valence electrons. The SMILES string of the molecule is Cc1ccc([C@H]2c3[nH]c4ccc(Cl)cc4c3CCN2c2ncnc(C(F)(F)F)n2)c(F)c1F. The lowest BCUT2D eigenvalue weighted by atomic mass is 9.91. The van der Waals surface area contributed by atoms with Crippen LogP contribution >= 0.6 is 11.6 Å². The molecular formula is C22H15ClF5N5. The van der Waals surface area contributed by atoms with Gasteiger partial charge in [-0.05, 0) is 42.7 Å². The molecule has 5 rings (SSSR count). The predicted octanol–water partition coefficient (Wildman–Crippen LogP) is 5.76. The summed E-state index contributed by atoms with van der Waals surface area (Å²) in [5.41, 5.74) is 2.11. The van der Waals surface area contributed by atoms with Gasteiger partial charge in [-0.25, -0.2) is 18.7 Å². The van der Waals surface area contributed by atoms with Gasteiger partial charge in [-0.2, -0.15) is 18.2 Å². The zero-order valence-electron chi connectivity index (χ0n) is 17.0. The first kappa shape index (κ1) is 21.6. The number of fused-ring (bicyclic) bond motifs is 3. The minimum Gasteiger partial charge on any atom is -0.356 e. The number of nitrogens with one attached hydrogen (secondary N) is 1. The first-order valence-corrected chi connectivity index (χ1v) is 10.3. The van der Waals surface area contributed by atoms with E-state index in [1.165, 1.54) is 24.0 Å². The molecule has 0 spiro atoms. The summed E-state index contributed by atoms with van der Waals surface area (Å²) in [6.07, 6.45) is -3.63. The predicted molar refractivity (Wildman–Crippen MR) is 112 cm³/mol. The van der Waals surface area contributed by atoms with Gasteiger partial charge in [-0.1, -0.05) is 23.7 Å². The molecule has 4 aromatic rings. The lowest BCUT2D eigenvalue weighted by Crippen LogP contribution is -2.38. The van der Waals surface area contributed by atoms with Crippen molar-refractivity contribution in [3.8, 4) is 0 Å². The number of aromatic nitrogens is 4. The zero-order chi connectivity index (χ0) is 23.5. The number of aryl methyl sites for hydroxylation is 1. The fourth-order valence-corrected chi connectivity index (χ4v) is 4.41. The monoisotopic (exact) mass is 479 g/mol. The topological polar surface area (TPSA) is 57.7 Å². The Kier molecular flexibility index (Phi) is 5.00. The van der Waals surface area contributed by atoms with E-state index in [0.717, 1.165) is 22.8 Å². The van der Waals surface area contributed by atoms with Crippen LogP contribution in [-0.2, 0) is 12.6 Å². The number of alkyl halides is 3. The Hall–Kier alpha value is -3.27. The largest absolute Gasteiger partial charge is 0.451 e. The van der Waals surface area contributed by atoms with Crippen LogP contribution in [0.3, 0.4) is 0 Å². The number of benzene rings is 2. The molecule has 11 heteroatoms. The van der Waals surface area contributed by atoms with E-state index < -0.39 is 29.7 Å². The van der Waals surface area contributed by atoms with E-state index in [4.69, 9.17) is 11.6 Å². The quantitative estimate of drug-likeness (QED) is 0.371. The van der Waals surface area contributed by atoms with Crippen molar-refractivity contribution < 1.29 is 22.0 Å². The van der Waals surface area contributed by atoms with Gasteiger partial charge in [0.2, 0.25) is 11.8 Å². The van der Waals surface area contributed by atoms with Crippen LogP contribution in [0.15, 0.2) is 36.7 Å². The third-order valence-corrected chi connectivity index (χ3v) is 5.99. The molecular weight excluding hydrogens is 465 g/mol. The molecule has 0 bridgehead atoms. The smallest absolute Gasteiger partial charge is 0.356 e. The standard InChI is InChI=1S/C22H15ClF5N5/c1-10-2-4-13(17(25)16(10)24)19-18-12(14-8-11(23)3-5-15(14)31-18)6-7-33(19)21-30-9-29-20(32-21)22(26,27)28/h2-5,8-9,19,31H,6-7H2,1H3/t19-/m0/s1. The number of halogens is 6. The summed E-state index contributed by atoms with van der Waals surface area (Å²) >= 11 is 6.15. The van der Waals surface area contributed by atoms with Gasteiger partial charge in [0.05, 0.1) is 0 Å². The molecule has 1 aliphatic rings. The second kappa shape index (κ2) is 7.65. The van der Waals surface area contributed by atoms with Crippen molar-refractivity contribution in [2.45, 2.75) is 25.6 Å². The lowest BCUT2D eigenvalue weighted by molar-refractivity contribution is -0.145. The van der Waals surface area contributed by atoms with Gasteiger partial charge in [0, 0.05) is 33.7 Å². The number of H-pyrrole nitrogens is 1. The molecule has 1 N–H and O–H groups in total. The van der Waals surface area contributed by atoms with Crippen LogP contribution in [0.1, 0.15) is 34.3 Å². The van der Waals surface area contributed by atoms with Crippen LogP contribution in [0.4, 0.5) is 27.9 Å². The summed E-state index contributed by atoms with van der Waals surface area (Å²) in [7, 11) is 0. The van der Waals surface area contributed by atoms with Gasteiger partial charge in [0.25, 0.3) is 0 Å². The van der Waals surface area contributed by atoms with Crippen LogP contribution in [0, 0.1) is 18.6 Å². The molecule has 0 amide bonds. The molecule has 0 aliphatic carbocycles. The van der Waals surface area contributed by atoms with Crippen molar-refractivity contribution in [1.82, 2.24) is 19.9 Å². The van der Waals surface area contributed by atoms with Gasteiger partial charge in [-0.15, -0.1) is 0 Å². The minimum atomic E-state index is -4.78. The molecule has 0 saturated carbocycles. The van der Waals surface area contributed by atoms with Gasteiger partial charge >= 0.3 is 6.18 Å². The number of rotatable bonds is 2. The number of nitrogens with zero attached hydrogens (tertiary/aromatic N) is 4. The van der Waals surface area contributed by atoms with E-state index in [2.05, 4.69) is 19.9 Å². The molecule has 1 aliphatic heterocycles. The Labute approximate surface area is 189 Å². The fourth-order valence-electron chi connectivity index (χ4n) is 4.23. The first-order chi connectivity index (χ1) is 15.6. The normalized spacial score (nSPS) is 16.3. The maximum Gasteiger partial charge on any atom is 0.451 e. The van der Waals surface area contributed by atoms with E-state index in [9.17, 15) is 17.6 Å². The molecule has 2 aromatic heterocycles. The molecule has 1 atom stereocenters. The first-order valence-electron chi connectivity index (χ1n) is 9.92. The number of hydrogen-bond donors (Lipinski definition) is 1. The van der Waals surface area contributed by atoms with Gasteiger partial charge in [0.1, 0.15) is 12.4 Å². The van der Waals surface area contributed by atoms with E-state index in [-0.39, 0.29) is 23.6 Å². The van der Waals surface area contributed by atoms with E-state index in [0.29, 0.717) is 17.1 Å². The van der Waals surface area contributed by atoms with Crippen molar-refractivity contribution in [2.24, 2.45) is 0 Å². The van der Waals surface area contributed by atoms with Crippen molar-refractivity contribution in [3.05, 3.63) is 81.5 Å². The Morgan fingerprint density at radius 3 is 2.64 bits per heavy atom. The van der Waals surface area contributed by atoms with E-state index in [1.54, 1.807) is 18.2 Å². The summed E-state index contributed by atoms with van der Waals surface area (Å²) < 4.78 is 69.4. The van der Waals surface area contributed by atoms with Crippen LogP contribution in [0.5, 0.6) is 0 Å². The average Bonchev–Trinajstić information content (AvgIpc) is 3.15. The lowest BCUT2D eigenvalue weighted by Gasteiger charge is -2.36. The average molecular weight is 480 g/mol. The molecule has 0 saturated heterocycles. The van der Waals surface area contributed by atoms with Gasteiger partial charge < -0.3 is 9.88 Å². The third-order valence-electron chi connectivity index (χ3n) is 5.76. The molecule has 0 fully saturated rings. The molecule has 33 heavy (non-hydrogen) atoms. The molecule has 0 radical (unpaired) electrons. The highest BCUT2D eigenvalue weighted by Gasteiger charge is 2.39.